The Kier molecular flexibility index (Phi) is 2.28. The summed E-state index contributed by atoms with van der Waals surface area (Å²) in [6, 6.07) is 2.17. The highest BCUT2D eigenvalue weighted by Gasteiger charge is 2.22. The summed E-state index contributed by atoms with van der Waals surface area (Å²) in [6.07, 6.45) is 0.999. The van der Waals surface area contributed by atoms with Crippen LogP contribution in [0.3, 0.4) is 0 Å². The van der Waals surface area contributed by atoms with E-state index in [0.717, 1.165) is 12.3 Å². The molecule has 1 heterocycles. The van der Waals surface area contributed by atoms with Gasteiger partial charge in [-0.2, -0.15) is 8.42 Å². The van der Waals surface area contributed by atoms with Crippen LogP contribution in [0.15, 0.2) is 23.4 Å². The SMILES string of the molecule is O=C(O)c1cccnc1S(=O)(=O)F. The van der Waals surface area contributed by atoms with E-state index in [9.17, 15) is 17.1 Å². The second-order valence-corrected chi connectivity index (χ2v) is 3.36. The van der Waals surface area contributed by atoms with E-state index in [4.69, 9.17) is 5.11 Å². The van der Waals surface area contributed by atoms with Gasteiger partial charge in [-0.3, -0.25) is 0 Å². The Bertz CT molecular complexity index is 442. The average Bonchev–Trinajstić information content (AvgIpc) is 2.03. The number of nitrogens with zero attached hydrogens (tertiary/aromatic N) is 1. The summed E-state index contributed by atoms with van der Waals surface area (Å²) in [5.74, 6) is -1.54. The van der Waals surface area contributed by atoms with Gasteiger partial charge < -0.3 is 5.11 Å². The van der Waals surface area contributed by atoms with Crippen LogP contribution in [-0.4, -0.2) is 24.5 Å². The number of rotatable bonds is 2. The third-order valence-electron chi connectivity index (χ3n) is 1.23. The van der Waals surface area contributed by atoms with Crippen LogP contribution in [0, 0.1) is 0 Å². The van der Waals surface area contributed by atoms with Gasteiger partial charge in [0.05, 0.1) is 5.56 Å². The van der Waals surface area contributed by atoms with Crippen LogP contribution < -0.4 is 0 Å². The number of carbonyl (C=O) groups is 1. The van der Waals surface area contributed by atoms with Crippen LogP contribution in [0.2, 0.25) is 0 Å². The van der Waals surface area contributed by atoms with E-state index in [1.807, 2.05) is 0 Å². The number of carboxylic acids is 1. The summed E-state index contributed by atoms with van der Waals surface area (Å²) >= 11 is 0. The Balaban J connectivity index is 3.46. The first-order chi connectivity index (χ1) is 5.93. The van der Waals surface area contributed by atoms with Crippen LogP contribution in [0.5, 0.6) is 0 Å². The Morgan fingerprint density at radius 3 is 2.54 bits per heavy atom. The van der Waals surface area contributed by atoms with Crippen molar-refractivity contribution in [1.29, 1.82) is 0 Å². The van der Waals surface area contributed by atoms with E-state index in [-0.39, 0.29) is 0 Å². The van der Waals surface area contributed by atoms with Gasteiger partial charge in [-0.1, -0.05) is 3.89 Å². The number of halogens is 1. The Morgan fingerprint density at radius 1 is 1.54 bits per heavy atom. The van der Waals surface area contributed by atoms with E-state index in [1.165, 1.54) is 6.07 Å². The molecule has 0 bridgehead atoms. The maximum atomic E-state index is 12.4. The van der Waals surface area contributed by atoms with E-state index < -0.39 is 26.8 Å². The fourth-order valence-electron chi connectivity index (χ4n) is 0.748. The number of aromatic carboxylic acids is 1. The third-order valence-corrected chi connectivity index (χ3v) is 2.02. The highest BCUT2D eigenvalue weighted by molar-refractivity contribution is 7.86. The Hall–Kier alpha value is -1.50. The molecule has 0 aliphatic heterocycles. The van der Waals surface area contributed by atoms with Crippen LogP contribution in [0.25, 0.3) is 0 Å². The molecule has 1 rings (SSSR count). The summed E-state index contributed by atoms with van der Waals surface area (Å²) in [7, 11) is -5.07. The highest BCUT2D eigenvalue weighted by Crippen LogP contribution is 2.14. The predicted octanol–water partition coefficient (Wildman–Crippen LogP) is 0.438. The van der Waals surface area contributed by atoms with Crippen molar-refractivity contribution in [2.24, 2.45) is 0 Å². The van der Waals surface area contributed by atoms with Crippen LogP contribution in [0.1, 0.15) is 10.4 Å². The molecule has 1 aromatic heterocycles. The van der Waals surface area contributed by atoms with Gasteiger partial charge in [0.1, 0.15) is 0 Å². The summed E-state index contributed by atoms with van der Waals surface area (Å²) in [4.78, 5) is 13.5. The molecule has 13 heavy (non-hydrogen) atoms. The second kappa shape index (κ2) is 3.09. The molecule has 0 aromatic carbocycles. The number of pyridine rings is 1. The monoisotopic (exact) mass is 205 g/mol. The molecule has 0 fully saturated rings. The normalized spacial score (nSPS) is 11.2. The molecule has 1 N–H and O–H groups in total. The fourth-order valence-corrected chi connectivity index (χ4v) is 1.35. The van der Waals surface area contributed by atoms with Gasteiger partial charge >= 0.3 is 16.2 Å². The average molecular weight is 205 g/mol. The molecule has 0 saturated heterocycles. The van der Waals surface area contributed by atoms with Gasteiger partial charge in [-0.15, -0.1) is 0 Å². The maximum absolute atomic E-state index is 12.4. The van der Waals surface area contributed by atoms with Crippen molar-refractivity contribution in [3.05, 3.63) is 23.9 Å². The smallest absolute Gasteiger partial charge is 0.350 e. The summed E-state index contributed by atoms with van der Waals surface area (Å²) < 4.78 is 33.1. The molecule has 0 radical (unpaired) electrons. The van der Waals surface area contributed by atoms with Crippen molar-refractivity contribution in [1.82, 2.24) is 4.98 Å². The largest absolute Gasteiger partial charge is 0.478 e. The first-order valence-electron chi connectivity index (χ1n) is 3.06. The van der Waals surface area contributed by atoms with Crippen LogP contribution >= 0.6 is 0 Å². The molecule has 5 nitrogen and oxygen atoms in total. The lowest BCUT2D eigenvalue weighted by molar-refractivity contribution is 0.0691. The van der Waals surface area contributed by atoms with Crippen molar-refractivity contribution in [2.45, 2.75) is 5.03 Å². The number of hydrogen-bond acceptors (Lipinski definition) is 4. The molecule has 0 unspecified atom stereocenters. The molecule has 0 aliphatic rings. The Morgan fingerprint density at radius 2 is 2.15 bits per heavy atom. The quantitative estimate of drug-likeness (QED) is 0.708. The molecule has 0 aliphatic carbocycles. The molecule has 70 valence electrons. The minimum Gasteiger partial charge on any atom is -0.478 e. The predicted molar refractivity (Wildman–Crippen MR) is 39.5 cm³/mol. The van der Waals surface area contributed by atoms with E-state index in [2.05, 4.69) is 4.98 Å². The summed E-state index contributed by atoms with van der Waals surface area (Å²) in [5, 5.41) is 7.39. The lowest BCUT2D eigenvalue weighted by Crippen LogP contribution is -2.07. The third kappa shape index (κ3) is 2.00. The van der Waals surface area contributed by atoms with Gasteiger partial charge in [0.25, 0.3) is 0 Å². The van der Waals surface area contributed by atoms with Crippen molar-refractivity contribution >= 4 is 16.2 Å². The van der Waals surface area contributed by atoms with Crippen molar-refractivity contribution in [3.63, 3.8) is 0 Å². The summed E-state index contributed by atoms with van der Waals surface area (Å²) in [6.45, 7) is 0. The van der Waals surface area contributed by atoms with Gasteiger partial charge in [0.15, 0.2) is 0 Å². The molecule has 0 saturated carbocycles. The first-order valence-corrected chi connectivity index (χ1v) is 4.44. The molecular formula is C6H4FNO4S. The fraction of sp³-hybridized carbons (Fsp3) is 0. The standard InChI is InChI=1S/C6H4FNO4S/c7-13(11,12)5-4(6(9)10)2-1-3-8-5/h1-3H,(H,9,10). The molecule has 0 amide bonds. The Labute approximate surface area is 73.1 Å². The van der Waals surface area contributed by atoms with Gasteiger partial charge in [-0.05, 0) is 12.1 Å². The number of aromatic nitrogens is 1. The zero-order valence-corrected chi connectivity index (χ0v) is 6.95. The van der Waals surface area contributed by atoms with E-state index >= 15 is 0 Å². The minimum absolute atomic E-state index is 0.676. The van der Waals surface area contributed by atoms with Crippen LogP contribution in [-0.2, 0) is 10.2 Å². The molecule has 7 heteroatoms. The van der Waals surface area contributed by atoms with Crippen molar-refractivity contribution in [3.8, 4) is 0 Å². The zero-order chi connectivity index (χ0) is 10.1. The minimum atomic E-state index is -5.07. The molecule has 0 spiro atoms. The van der Waals surface area contributed by atoms with E-state index in [1.54, 1.807) is 0 Å². The van der Waals surface area contributed by atoms with Crippen molar-refractivity contribution < 1.29 is 22.2 Å². The highest BCUT2D eigenvalue weighted by atomic mass is 32.3. The number of carboxylic acid groups (broad SMARTS) is 1. The number of hydrogen-bond donors (Lipinski definition) is 1. The lowest BCUT2D eigenvalue weighted by atomic mass is 10.3. The molecular weight excluding hydrogens is 201 g/mol. The van der Waals surface area contributed by atoms with Crippen molar-refractivity contribution in [2.75, 3.05) is 0 Å². The van der Waals surface area contributed by atoms with E-state index in [0.29, 0.717) is 0 Å². The molecule has 1 aromatic rings. The van der Waals surface area contributed by atoms with Gasteiger partial charge in [0.2, 0.25) is 5.03 Å². The zero-order valence-electron chi connectivity index (χ0n) is 6.14. The van der Waals surface area contributed by atoms with Crippen LogP contribution in [0.4, 0.5) is 3.89 Å². The molecule has 0 atom stereocenters. The first kappa shape index (κ1) is 9.59. The topological polar surface area (TPSA) is 84.3 Å². The maximum Gasteiger partial charge on any atom is 0.350 e. The second-order valence-electron chi connectivity index (χ2n) is 2.10. The summed E-state index contributed by atoms with van der Waals surface area (Å²) in [5.41, 5.74) is -0.676. The van der Waals surface area contributed by atoms with Gasteiger partial charge in [-0.25, -0.2) is 9.78 Å². The lowest BCUT2D eigenvalue weighted by Gasteiger charge is -1.97. The van der Waals surface area contributed by atoms with Gasteiger partial charge in [0, 0.05) is 6.20 Å².